The number of benzene rings is 1. The highest BCUT2D eigenvalue weighted by molar-refractivity contribution is 5.75. The Balaban J connectivity index is 2.15. The molecule has 0 amide bonds. The molecule has 0 bridgehead atoms. The Kier molecular flexibility index (Phi) is 5.11. The van der Waals surface area contributed by atoms with Gasteiger partial charge in [-0.25, -0.2) is 4.68 Å². The lowest BCUT2D eigenvalue weighted by molar-refractivity contribution is -0.143. The molecule has 0 fully saturated rings. The molecule has 1 unspecified atom stereocenters. The molecule has 0 aliphatic heterocycles. The van der Waals surface area contributed by atoms with E-state index in [2.05, 4.69) is 10.4 Å². The molecule has 0 saturated carbocycles. The van der Waals surface area contributed by atoms with Crippen LogP contribution in [-0.2, 0) is 16.1 Å². The molecule has 1 aromatic heterocycles. The molecular weight excluding hydrogens is 266 g/mol. The third-order valence-electron chi connectivity index (χ3n) is 3.39. The number of carbonyl (C=O) groups excluding carboxylic acids is 1. The van der Waals surface area contributed by atoms with Crippen molar-refractivity contribution >= 4 is 5.97 Å². The molecule has 1 N–H and O–H groups in total. The lowest BCUT2D eigenvalue weighted by Gasteiger charge is -2.16. The molecule has 1 aromatic carbocycles. The summed E-state index contributed by atoms with van der Waals surface area (Å²) in [5.74, 6) is -0.232. The summed E-state index contributed by atoms with van der Waals surface area (Å²) in [5.41, 5.74) is 3.07. The van der Waals surface area contributed by atoms with E-state index in [9.17, 15) is 4.79 Å². The molecule has 2 aromatic rings. The van der Waals surface area contributed by atoms with Gasteiger partial charge in [0.25, 0.3) is 0 Å². The van der Waals surface area contributed by atoms with Crippen LogP contribution in [0.4, 0.5) is 0 Å². The first-order valence-electron chi connectivity index (χ1n) is 7.07. The van der Waals surface area contributed by atoms with Crippen molar-refractivity contribution in [3.05, 3.63) is 47.8 Å². The molecule has 112 valence electrons. The summed E-state index contributed by atoms with van der Waals surface area (Å²) in [7, 11) is 1.41. The zero-order valence-electron chi connectivity index (χ0n) is 12.7. The van der Waals surface area contributed by atoms with Crippen molar-refractivity contribution in [1.29, 1.82) is 0 Å². The van der Waals surface area contributed by atoms with E-state index in [1.54, 1.807) is 0 Å². The second-order valence-corrected chi connectivity index (χ2v) is 4.90. The number of ether oxygens (including phenoxy) is 1. The van der Waals surface area contributed by atoms with E-state index >= 15 is 0 Å². The summed E-state index contributed by atoms with van der Waals surface area (Å²) >= 11 is 0. The van der Waals surface area contributed by atoms with Crippen LogP contribution in [0.2, 0.25) is 0 Å². The third kappa shape index (κ3) is 3.70. The highest BCUT2D eigenvalue weighted by atomic mass is 16.5. The SMILES string of the molecule is CCC(NCc1ccccc1-n1ccc(C)n1)C(=O)OC. The Morgan fingerprint density at radius 3 is 2.76 bits per heavy atom. The van der Waals surface area contributed by atoms with E-state index in [4.69, 9.17) is 4.74 Å². The summed E-state index contributed by atoms with van der Waals surface area (Å²) in [6.07, 6.45) is 2.63. The van der Waals surface area contributed by atoms with E-state index in [1.807, 2.05) is 55.1 Å². The van der Waals surface area contributed by atoms with Crippen molar-refractivity contribution in [2.24, 2.45) is 0 Å². The average Bonchev–Trinajstić information content (AvgIpc) is 2.94. The lowest BCUT2D eigenvalue weighted by atomic mass is 10.1. The molecule has 5 heteroatoms. The number of para-hydroxylation sites is 1. The van der Waals surface area contributed by atoms with Crippen LogP contribution < -0.4 is 5.32 Å². The average molecular weight is 287 g/mol. The first kappa shape index (κ1) is 15.3. The summed E-state index contributed by atoms with van der Waals surface area (Å²) in [6, 6.07) is 9.69. The zero-order valence-corrected chi connectivity index (χ0v) is 12.7. The fourth-order valence-electron chi connectivity index (χ4n) is 2.20. The Morgan fingerprint density at radius 1 is 1.38 bits per heavy atom. The van der Waals surface area contributed by atoms with Crippen molar-refractivity contribution in [2.45, 2.75) is 32.9 Å². The third-order valence-corrected chi connectivity index (χ3v) is 3.39. The minimum atomic E-state index is -0.289. The maximum absolute atomic E-state index is 11.6. The van der Waals surface area contributed by atoms with E-state index in [0.29, 0.717) is 13.0 Å². The number of aromatic nitrogens is 2. The van der Waals surface area contributed by atoms with Gasteiger partial charge in [0.05, 0.1) is 18.5 Å². The quantitative estimate of drug-likeness (QED) is 0.828. The van der Waals surface area contributed by atoms with Crippen LogP contribution in [0.1, 0.15) is 24.6 Å². The predicted molar refractivity (Wildman–Crippen MR) is 81.2 cm³/mol. The Bertz CT molecular complexity index is 607. The van der Waals surface area contributed by atoms with Gasteiger partial charge in [-0.05, 0) is 31.0 Å². The largest absolute Gasteiger partial charge is 0.468 e. The van der Waals surface area contributed by atoms with Gasteiger partial charge < -0.3 is 10.1 Å². The number of nitrogens with zero attached hydrogens (tertiary/aromatic N) is 2. The molecule has 1 heterocycles. The van der Waals surface area contributed by atoms with Crippen LogP contribution in [0.5, 0.6) is 0 Å². The molecule has 0 aliphatic rings. The van der Waals surface area contributed by atoms with Gasteiger partial charge in [-0.1, -0.05) is 25.1 Å². The van der Waals surface area contributed by atoms with Crippen LogP contribution in [-0.4, -0.2) is 28.9 Å². The molecule has 5 nitrogen and oxygen atoms in total. The normalized spacial score (nSPS) is 12.1. The maximum Gasteiger partial charge on any atom is 0.322 e. The van der Waals surface area contributed by atoms with E-state index in [-0.39, 0.29) is 12.0 Å². The van der Waals surface area contributed by atoms with Crippen LogP contribution in [0.15, 0.2) is 36.5 Å². The summed E-state index contributed by atoms with van der Waals surface area (Å²) in [5, 5.41) is 7.68. The number of rotatable bonds is 6. The Morgan fingerprint density at radius 2 is 2.14 bits per heavy atom. The Labute approximate surface area is 124 Å². The van der Waals surface area contributed by atoms with Crippen LogP contribution in [0.25, 0.3) is 5.69 Å². The molecule has 0 aliphatic carbocycles. The molecule has 1 atom stereocenters. The van der Waals surface area contributed by atoms with Gasteiger partial charge in [0.1, 0.15) is 6.04 Å². The van der Waals surface area contributed by atoms with E-state index in [0.717, 1.165) is 16.9 Å². The van der Waals surface area contributed by atoms with Gasteiger partial charge in [-0.2, -0.15) is 5.10 Å². The summed E-state index contributed by atoms with van der Waals surface area (Å²) in [4.78, 5) is 11.6. The second-order valence-electron chi connectivity index (χ2n) is 4.90. The molecular formula is C16H21N3O2. The molecule has 0 radical (unpaired) electrons. The van der Waals surface area contributed by atoms with Crippen molar-refractivity contribution in [3.8, 4) is 5.69 Å². The minimum Gasteiger partial charge on any atom is -0.468 e. The van der Waals surface area contributed by atoms with Crippen LogP contribution in [0, 0.1) is 6.92 Å². The number of carbonyl (C=O) groups is 1. The van der Waals surface area contributed by atoms with Gasteiger partial charge >= 0.3 is 5.97 Å². The number of methoxy groups -OCH3 is 1. The number of nitrogens with one attached hydrogen (secondary N) is 1. The first-order chi connectivity index (χ1) is 10.2. The summed E-state index contributed by atoms with van der Waals surface area (Å²) in [6.45, 7) is 4.50. The first-order valence-corrected chi connectivity index (χ1v) is 7.07. The van der Waals surface area contributed by atoms with E-state index < -0.39 is 0 Å². The van der Waals surface area contributed by atoms with Gasteiger partial charge in [-0.3, -0.25) is 4.79 Å². The van der Waals surface area contributed by atoms with Gasteiger partial charge in [0, 0.05) is 12.7 Å². The smallest absolute Gasteiger partial charge is 0.322 e. The van der Waals surface area contributed by atoms with Gasteiger partial charge in [0.15, 0.2) is 0 Å². The predicted octanol–water partition coefficient (Wildman–Crippen LogP) is 2.22. The molecule has 2 rings (SSSR count). The number of aryl methyl sites for hydroxylation is 1. The number of hydrogen-bond donors (Lipinski definition) is 1. The molecule has 0 spiro atoms. The van der Waals surface area contributed by atoms with Crippen molar-refractivity contribution in [3.63, 3.8) is 0 Å². The van der Waals surface area contributed by atoms with Crippen molar-refractivity contribution in [1.82, 2.24) is 15.1 Å². The maximum atomic E-state index is 11.6. The lowest BCUT2D eigenvalue weighted by Crippen LogP contribution is -2.36. The summed E-state index contributed by atoms with van der Waals surface area (Å²) < 4.78 is 6.64. The number of esters is 1. The van der Waals surface area contributed by atoms with Gasteiger partial charge in [0.2, 0.25) is 0 Å². The highest BCUT2D eigenvalue weighted by Crippen LogP contribution is 2.14. The second kappa shape index (κ2) is 7.04. The zero-order chi connectivity index (χ0) is 15.2. The highest BCUT2D eigenvalue weighted by Gasteiger charge is 2.16. The fourth-order valence-corrected chi connectivity index (χ4v) is 2.20. The van der Waals surface area contributed by atoms with Gasteiger partial charge in [-0.15, -0.1) is 0 Å². The standard InChI is InChI=1S/C16H21N3O2/c1-4-14(16(20)21-3)17-11-13-7-5-6-8-15(13)19-10-9-12(2)18-19/h5-10,14,17H,4,11H2,1-3H3. The monoisotopic (exact) mass is 287 g/mol. The fraction of sp³-hybridized carbons (Fsp3) is 0.375. The molecule has 21 heavy (non-hydrogen) atoms. The van der Waals surface area contributed by atoms with Crippen molar-refractivity contribution in [2.75, 3.05) is 7.11 Å². The van der Waals surface area contributed by atoms with Crippen LogP contribution in [0.3, 0.4) is 0 Å². The Hall–Kier alpha value is -2.14. The van der Waals surface area contributed by atoms with Crippen molar-refractivity contribution < 1.29 is 9.53 Å². The topological polar surface area (TPSA) is 56.2 Å². The molecule has 0 saturated heterocycles. The minimum absolute atomic E-state index is 0.232. The van der Waals surface area contributed by atoms with E-state index in [1.165, 1.54) is 7.11 Å². The number of hydrogen-bond acceptors (Lipinski definition) is 4. The van der Waals surface area contributed by atoms with Crippen LogP contribution >= 0.6 is 0 Å².